The quantitative estimate of drug-likeness (QED) is 0.803. The maximum absolute atomic E-state index is 6.21. The molecule has 2 aromatic rings. The van der Waals surface area contributed by atoms with Crippen LogP contribution in [0, 0.1) is 13.8 Å². The molecule has 0 spiro atoms. The van der Waals surface area contributed by atoms with Gasteiger partial charge < -0.3 is 4.74 Å². The second-order valence-corrected chi connectivity index (χ2v) is 4.01. The molecule has 3 nitrogen and oxygen atoms in total. The van der Waals surface area contributed by atoms with Gasteiger partial charge in [-0.2, -0.15) is 0 Å². The van der Waals surface area contributed by atoms with Crippen molar-refractivity contribution in [2.24, 2.45) is 0 Å². The standard InChI is InChI=1S/C12H13ClN2O/c1-4-16-10-5-9-11(13)7(2)6-14-12(9)15-8(10)3/h5-6H,4H2,1-3H3. The van der Waals surface area contributed by atoms with Crippen molar-refractivity contribution in [2.75, 3.05) is 6.61 Å². The van der Waals surface area contributed by atoms with Crippen LogP contribution in [0.25, 0.3) is 11.0 Å². The van der Waals surface area contributed by atoms with Crippen LogP contribution in [0.15, 0.2) is 12.3 Å². The highest BCUT2D eigenvalue weighted by Gasteiger charge is 2.09. The largest absolute Gasteiger partial charge is 0.492 e. The van der Waals surface area contributed by atoms with Crippen LogP contribution in [0.5, 0.6) is 5.75 Å². The molecule has 2 rings (SSSR count). The van der Waals surface area contributed by atoms with Gasteiger partial charge in [-0.05, 0) is 32.4 Å². The smallest absolute Gasteiger partial charge is 0.161 e. The van der Waals surface area contributed by atoms with Crippen molar-refractivity contribution in [1.82, 2.24) is 9.97 Å². The molecular weight excluding hydrogens is 224 g/mol. The molecule has 0 aliphatic heterocycles. The monoisotopic (exact) mass is 236 g/mol. The molecular formula is C12H13ClN2O. The number of hydrogen-bond donors (Lipinski definition) is 0. The van der Waals surface area contributed by atoms with Crippen molar-refractivity contribution in [3.05, 3.63) is 28.5 Å². The summed E-state index contributed by atoms with van der Waals surface area (Å²) < 4.78 is 5.49. The summed E-state index contributed by atoms with van der Waals surface area (Å²) in [6, 6.07) is 1.91. The Bertz CT molecular complexity index is 540. The molecule has 4 heteroatoms. The van der Waals surface area contributed by atoms with Gasteiger partial charge in [-0.15, -0.1) is 0 Å². The summed E-state index contributed by atoms with van der Waals surface area (Å²) in [6.45, 7) is 6.39. The summed E-state index contributed by atoms with van der Waals surface area (Å²) in [5.41, 5.74) is 2.44. The zero-order chi connectivity index (χ0) is 11.7. The third-order valence-corrected chi connectivity index (χ3v) is 2.91. The number of nitrogens with zero attached hydrogens (tertiary/aromatic N) is 2. The van der Waals surface area contributed by atoms with Crippen LogP contribution < -0.4 is 4.74 Å². The van der Waals surface area contributed by atoms with Crippen molar-refractivity contribution in [3.63, 3.8) is 0 Å². The Morgan fingerprint density at radius 2 is 2.12 bits per heavy atom. The van der Waals surface area contributed by atoms with E-state index in [0.717, 1.165) is 22.4 Å². The average molecular weight is 237 g/mol. The van der Waals surface area contributed by atoms with Gasteiger partial charge >= 0.3 is 0 Å². The van der Waals surface area contributed by atoms with E-state index in [2.05, 4.69) is 9.97 Å². The average Bonchev–Trinajstić information content (AvgIpc) is 2.26. The molecule has 2 aromatic heterocycles. The Balaban J connectivity index is 2.70. The minimum Gasteiger partial charge on any atom is -0.492 e. The zero-order valence-corrected chi connectivity index (χ0v) is 10.3. The summed E-state index contributed by atoms with van der Waals surface area (Å²) in [5.74, 6) is 0.768. The van der Waals surface area contributed by atoms with Crippen molar-refractivity contribution < 1.29 is 4.74 Å². The molecule has 0 bridgehead atoms. The van der Waals surface area contributed by atoms with Gasteiger partial charge in [-0.1, -0.05) is 11.6 Å². The predicted molar refractivity (Wildman–Crippen MR) is 65.2 cm³/mol. The second kappa shape index (κ2) is 4.26. The van der Waals surface area contributed by atoms with E-state index >= 15 is 0 Å². The van der Waals surface area contributed by atoms with Crippen molar-refractivity contribution in [2.45, 2.75) is 20.8 Å². The van der Waals surface area contributed by atoms with Crippen LogP contribution in [0.1, 0.15) is 18.2 Å². The minimum absolute atomic E-state index is 0.616. The van der Waals surface area contributed by atoms with E-state index in [9.17, 15) is 0 Å². The van der Waals surface area contributed by atoms with Crippen molar-refractivity contribution in [3.8, 4) is 5.75 Å². The first-order valence-electron chi connectivity index (χ1n) is 5.18. The molecule has 0 aliphatic rings. The topological polar surface area (TPSA) is 35.0 Å². The van der Waals surface area contributed by atoms with E-state index in [-0.39, 0.29) is 0 Å². The Hall–Kier alpha value is -1.35. The number of ether oxygens (including phenoxy) is 1. The third-order valence-electron chi connectivity index (χ3n) is 2.41. The summed E-state index contributed by atoms with van der Waals surface area (Å²) in [6.07, 6.45) is 1.73. The van der Waals surface area contributed by atoms with Gasteiger partial charge in [0.15, 0.2) is 5.65 Å². The number of hydrogen-bond acceptors (Lipinski definition) is 3. The predicted octanol–water partition coefficient (Wildman–Crippen LogP) is 3.30. The molecule has 0 fully saturated rings. The van der Waals surface area contributed by atoms with Crippen LogP contribution in [-0.2, 0) is 0 Å². The number of aryl methyl sites for hydroxylation is 2. The van der Waals surface area contributed by atoms with E-state index in [1.807, 2.05) is 26.8 Å². The Kier molecular flexibility index (Phi) is 2.97. The molecule has 2 heterocycles. The number of rotatable bonds is 2. The summed E-state index contributed by atoms with van der Waals surface area (Å²) in [5, 5.41) is 1.54. The molecule has 0 unspecified atom stereocenters. The Morgan fingerprint density at radius 3 is 2.81 bits per heavy atom. The number of pyridine rings is 2. The lowest BCUT2D eigenvalue weighted by atomic mass is 10.2. The summed E-state index contributed by atoms with van der Waals surface area (Å²) in [7, 11) is 0. The van der Waals surface area contributed by atoms with Crippen LogP contribution >= 0.6 is 11.6 Å². The fraction of sp³-hybridized carbons (Fsp3) is 0.333. The van der Waals surface area contributed by atoms with Gasteiger partial charge in [0.05, 0.1) is 17.3 Å². The zero-order valence-electron chi connectivity index (χ0n) is 9.54. The molecule has 0 saturated carbocycles. The van der Waals surface area contributed by atoms with E-state index in [1.165, 1.54) is 0 Å². The Labute approximate surface area is 99.4 Å². The molecule has 0 radical (unpaired) electrons. The van der Waals surface area contributed by atoms with Crippen molar-refractivity contribution in [1.29, 1.82) is 0 Å². The highest BCUT2D eigenvalue weighted by atomic mass is 35.5. The molecule has 0 saturated heterocycles. The van der Waals surface area contributed by atoms with E-state index in [0.29, 0.717) is 17.3 Å². The highest BCUT2D eigenvalue weighted by Crippen LogP contribution is 2.28. The summed E-state index contributed by atoms with van der Waals surface area (Å²) in [4.78, 5) is 8.63. The number of aromatic nitrogens is 2. The lowest BCUT2D eigenvalue weighted by Gasteiger charge is -2.09. The van der Waals surface area contributed by atoms with Gasteiger partial charge in [-0.25, -0.2) is 9.97 Å². The molecule has 0 atom stereocenters. The third kappa shape index (κ3) is 1.83. The van der Waals surface area contributed by atoms with E-state index in [4.69, 9.17) is 16.3 Å². The van der Waals surface area contributed by atoms with Gasteiger partial charge in [0, 0.05) is 11.6 Å². The first-order chi connectivity index (χ1) is 7.63. The molecule has 0 aliphatic carbocycles. The molecule has 0 aromatic carbocycles. The number of halogens is 1. The lowest BCUT2D eigenvalue weighted by molar-refractivity contribution is 0.337. The fourth-order valence-corrected chi connectivity index (χ4v) is 1.75. The Morgan fingerprint density at radius 1 is 1.38 bits per heavy atom. The van der Waals surface area contributed by atoms with E-state index < -0.39 is 0 Å². The van der Waals surface area contributed by atoms with Crippen LogP contribution in [-0.4, -0.2) is 16.6 Å². The second-order valence-electron chi connectivity index (χ2n) is 3.63. The lowest BCUT2D eigenvalue weighted by Crippen LogP contribution is -1.98. The highest BCUT2D eigenvalue weighted by molar-refractivity contribution is 6.35. The fourth-order valence-electron chi connectivity index (χ4n) is 1.56. The van der Waals surface area contributed by atoms with Gasteiger partial charge in [0.1, 0.15) is 5.75 Å². The first-order valence-corrected chi connectivity index (χ1v) is 5.56. The van der Waals surface area contributed by atoms with Gasteiger partial charge in [0.25, 0.3) is 0 Å². The van der Waals surface area contributed by atoms with Crippen LogP contribution in [0.2, 0.25) is 5.02 Å². The van der Waals surface area contributed by atoms with Gasteiger partial charge in [-0.3, -0.25) is 0 Å². The van der Waals surface area contributed by atoms with Crippen LogP contribution in [0.4, 0.5) is 0 Å². The number of fused-ring (bicyclic) bond motifs is 1. The maximum atomic E-state index is 6.21. The van der Waals surface area contributed by atoms with Crippen LogP contribution in [0.3, 0.4) is 0 Å². The SMILES string of the molecule is CCOc1cc2c(Cl)c(C)cnc2nc1C. The van der Waals surface area contributed by atoms with Gasteiger partial charge in [0.2, 0.25) is 0 Å². The first kappa shape index (κ1) is 11.1. The molecule has 0 amide bonds. The maximum Gasteiger partial charge on any atom is 0.161 e. The molecule has 0 N–H and O–H groups in total. The normalized spacial score (nSPS) is 10.8. The summed E-state index contributed by atoms with van der Waals surface area (Å²) >= 11 is 6.21. The van der Waals surface area contributed by atoms with Crippen molar-refractivity contribution >= 4 is 22.6 Å². The minimum atomic E-state index is 0.616. The van der Waals surface area contributed by atoms with E-state index in [1.54, 1.807) is 6.20 Å². The molecule has 84 valence electrons. The molecule has 16 heavy (non-hydrogen) atoms.